The molecule has 0 aromatic rings. The molecule has 1 unspecified atom stereocenters. The van der Waals surface area contributed by atoms with Crippen LogP contribution in [-0.2, 0) is 21.7 Å². The fourth-order valence-corrected chi connectivity index (χ4v) is 2.25. The van der Waals surface area contributed by atoms with Crippen LogP contribution in [0.15, 0.2) is 17.7 Å². The van der Waals surface area contributed by atoms with Crippen molar-refractivity contribution in [3.8, 4) is 0 Å². The molecule has 0 fully saturated rings. The molecule has 0 heterocycles. The van der Waals surface area contributed by atoms with Gasteiger partial charge in [-0.2, -0.15) is 17.8 Å². The molecule has 0 saturated heterocycles. The van der Waals surface area contributed by atoms with Gasteiger partial charge in [0.1, 0.15) is 0 Å². The number of hydrogen-bond donors (Lipinski definition) is 0. The number of rotatable bonds is 4. The Hall–Kier alpha value is 1.12. The average molecular weight is 288 g/mol. The van der Waals surface area contributed by atoms with Gasteiger partial charge < -0.3 is 0 Å². The molecule has 1 rings (SSSR count). The van der Waals surface area contributed by atoms with Crippen molar-refractivity contribution < 1.29 is 21.7 Å². The molecule has 0 aliphatic heterocycles. The molecule has 1 aliphatic rings. The van der Waals surface area contributed by atoms with Gasteiger partial charge in [0.25, 0.3) is 0 Å². The molecule has 1 aliphatic carbocycles. The van der Waals surface area contributed by atoms with Crippen LogP contribution in [0.4, 0.5) is 0 Å². The Balaban J connectivity index is -0.000000403. The van der Waals surface area contributed by atoms with E-state index in [2.05, 4.69) is 32.1 Å². The standard InChI is InChI=1S/C10H15S.2ClH.Ti/c1-3-10(11-4-2)9-7-5-6-8-9;;;/h5,7,10H,3-4,6H2,1-2H3;2*1H;/q-1;;;. The van der Waals surface area contributed by atoms with Crippen LogP contribution in [0.25, 0.3) is 0 Å². The summed E-state index contributed by atoms with van der Waals surface area (Å²) < 4.78 is 0. The van der Waals surface area contributed by atoms with E-state index >= 15 is 0 Å². The number of thioether (sulfide) groups is 1. The van der Waals surface area contributed by atoms with Gasteiger partial charge in [0, 0.05) is 21.7 Å². The van der Waals surface area contributed by atoms with Crippen LogP contribution < -0.4 is 0 Å². The third-order valence-corrected chi connectivity index (χ3v) is 3.13. The summed E-state index contributed by atoms with van der Waals surface area (Å²) in [6, 6.07) is 0. The summed E-state index contributed by atoms with van der Waals surface area (Å²) in [5.41, 5.74) is 1.42. The summed E-state index contributed by atoms with van der Waals surface area (Å²) in [7, 11) is 0. The van der Waals surface area contributed by atoms with Crippen LogP contribution >= 0.6 is 36.6 Å². The summed E-state index contributed by atoms with van der Waals surface area (Å²) in [5.74, 6) is 1.21. The van der Waals surface area contributed by atoms with Gasteiger partial charge in [-0.05, 0) is 17.4 Å². The predicted molar refractivity (Wildman–Crippen MR) is 67.2 cm³/mol. The van der Waals surface area contributed by atoms with Gasteiger partial charge in [0.05, 0.1) is 0 Å². The Kier molecular flexibility index (Phi) is 17.9. The second-order valence-corrected chi connectivity index (χ2v) is 4.07. The van der Waals surface area contributed by atoms with Gasteiger partial charge >= 0.3 is 0 Å². The largest absolute Gasteiger partial charge is 0.268 e. The van der Waals surface area contributed by atoms with Crippen LogP contribution in [0, 0.1) is 6.08 Å². The Morgan fingerprint density at radius 1 is 1.43 bits per heavy atom. The van der Waals surface area contributed by atoms with E-state index in [0.717, 1.165) is 6.42 Å². The van der Waals surface area contributed by atoms with Crippen molar-refractivity contribution in [2.75, 3.05) is 5.75 Å². The maximum absolute atomic E-state index is 3.38. The first-order valence-electron chi connectivity index (χ1n) is 4.27. The van der Waals surface area contributed by atoms with Crippen molar-refractivity contribution in [3.63, 3.8) is 0 Å². The topological polar surface area (TPSA) is 0 Å². The minimum absolute atomic E-state index is 0. The zero-order chi connectivity index (χ0) is 8.10. The van der Waals surface area contributed by atoms with Crippen LogP contribution in [0.5, 0.6) is 0 Å². The fourth-order valence-electron chi connectivity index (χ4n) is 1.27. The molecule has 0 spiro atoms. The van der Waals surface area contributed by atoms with E-state index in [1.165, 1.54) is 17.7 Å². The van der Waals surface area contributed by atoms with Crippen molar-refractivity contribution in [1.29, 1.82) is 0 Å². The van der Waals surface area contributed by atoms with Crippen LogP contribution in [-0.4, -0.2) is 11.0 Å². The third-order valence-electron chi connectivity index (χ3n) is 1.81. The maximum Gasteiger partial charge on any atom is 0 e. The molecule has 0 N–H and O–H groups in total. The van der Waals surface area contributed by atoms with Gasteiger partial charge in [-0.1, -0.05) is 13.8 Å². The minimum atomic E-state index is 0. The Morgan fingerprint density at radius 3 is 2.43 bits per heavy atom. The second kappa shape index (κ2) is 12.2. The van der Waals surface area contributed by atoms with E-state index in [-0.39, 0.29) is 46.5 Å². The molecule has 0 aromatic heterocycles. The Labute approximate surface area is 119 Å². The summed E-state index contributed by atoms with van der Waals surface area (Å²) in [5, 5.41) is 0.693. The third kappa shape index (κ3) is 6.58. The first-order chi connectivity index (χ1) is 5.38. The molecule has 0 amide bonds. The molecule has 82 valence electrons. The Bertz CT molecular complexity index is 181. The maximum atomic E-state index is 3.38. The predicted octanol–water partition coefficient (Wildman–Crippen LogP) is 4.05. The SMILES string of the molecule is CCSC(CC)C1=[C-]CC=C1.Cl.Cl.[Ti]. The van der Waals surface area contributed by atoms with Crippen molar-refractivity contribution in [2.24, 2.45) is 0 Å². The van der Waals surface area contributed by atoms with Gasteiger partial charge in [-0.25, -0.2) is 11.6 Å². The Morgan fingerprint density at radius 2 is 2.07 bits per heavy atom. The average Bonchev–Trinajstić information content (AvgIpc) is 2.52. The van der Waals surface area contributed by atoms with Crippen molar-refractivity contribution in [3.05, 3.63) is 23.8 Å². The van der Waals surface area contributed by atoms with E-state index in [9.17, 15) is 0 Å². The van der Waals surface area contributed by atoms with Gasteiger partial charge in [0.2, 0.25) is 0 Å². The number of allylic oxidation sites excluding steroid dienone is 3. The molecule has 14 heavy (non-hydrogen) atoms. The quantitative estimate of drug-likeness (QED) is 0.555. The molecule has 0 aromatic carbocycles. The first kappa shape index (κ1) is 20.5. The van der Waals surface area contributed by atoms with Crippen LogP contribution in [0.3, 0.4) is 0 Å². The summed E-state index contributed by atoms with van der Waals surface area (Å²) in [6.07, 6.45) is 10.0. The monoisotopic (exact) mass is 287 g/mol. The summed E-state index contributed by atoms with van der Waals surface area (Å²) in [6.45, 7) is 4.46. The van der Waals surface area contributed by atoms with Gasteiger partial charge in [0.15, 0.2) is 0 Å². The zero-order valence-electron chi connectivity index (χ0n) is 8.58. The van der Waals surface area contributed by atoms with Gasteiger partial charge in [-0.15, -0.1) is 31.2 Å². The molecular weight excluding hydrogens is 271 g/mol. The van der Waals surface area contributed by atoms with Gasteiger partial charge in [-0.3, -0.25) is 6.08 Å². The summed E-state index contributed by atoms with van der Waals surface area (Å²) >= 11 is 2.02. The van der Waals surface area contributed by atoms with Crippen molar-refractivity contribution in [2.45, 2.75) is 31.9 Å². The minimum Gasteiger partial charge on any atom is -0.268 e. The molecule has 0 bridgehead atoms. The number of hydrogen-bond acceptors (Lipinski definition) is 1. The molecule has 0 saturated carbocycles. The van der Waals surface area contributed by atoms with E-state index in [4.69, 9.17) is 0 Å². The summed E-state index contributed by atoms with van der Waals surface area (Å²) in [4.78, 5) is 0. The molecule has 4 heteroatoms. The molecule has 0 nitrogen and oxygen atoms in total. The molecule has 0 radical (unpaired) electrons. The second-order valence-electron chi connectivity index (χ2n) is 2.59. The van der Waals surface area contributed by atoms with E-state index in [1.54, 1.807) is 0 Å². The fraction of sp³-hybridized carbons (Fsp3) is 0.600. The van der Waals surface area contributed by atoms with Crippen LogP contribution in [0.2, 0.25) is 0 Å². The van der Waals surface area contributed by atoms with E-state index in [0.29, 0.717) is 5.25 Å². The smallest absolute Gasteiger partial charge is 0 e. The number of halogens is 2. The first-order valence-corrected chi connectivity index (χ1v) is 5.32. The molecule has 1 atom stereocenters. The molecular formula is C10H17Cl2STi-. The van der Waals surface area contributed by atoms with Crippen molar-refractivity contribution in [1.82, 2.24) is 0 Å². The van der Waals surface area contributed by atoms with E-state index in [1.807, 2.05) is 11.8 Å². The van der Waals surface area contributed by atoms with Crippen molar-refractivity contribution >= 4 is 36.6 Å². The zero-order valence-corrected chi connectivity index (χ0v) is 12.6. The normalized spacial score (nSPS) is 14.6. The van der Waals surface area contributed by atoms with Crippen LogP contribution in [0.1, 0.15) is 26.7 Å². The van der Waals surface area contributed by atoms with E-state index < -0.39 is 0 Å².